The smallest absolute Gasteiger partial charge is 0.254 e. The molecule has 0 radical (unpaired) electrons. The van der Waals surface area contributed by atoms with Crippen molar-refractivity contribution in [3.8, 4) is 0 Å². The van der Waals surface area contributed by atoms with E-state index < -0.39 is 0 Å². The van der Waals surface area contributed by atoms with E-state index >= 15 is 0 Å². The molecule has 106 valence electrons. The zero-order valence-corrected chi connectivity index (χ0v) is 11.4. The van der Waals surface area contributed by atoms with Crippen LogP contribution in [-0.4, -0.2) is 38.0 Å². The summed E-state index contributed by atoms with van der Waals surface area (Å²) in [6.07, 6.45) is 1.41. The van der Waals surface area contributed by atoms with Crippen molar-refractivity contribution in [3.63, 3.8) is 0 Å². The Kier molecular flexibility index (Phi) is 3.23. The van der Waals surface area contributed by atoms with E-state index in [-0.39, 0.29) is 5.91 Å². The molecule has 0 fully saturated rings. The first kappa shape index (κ1) is 13.0. The van der Waals surface area contributed by atoms with E-state index in [0.29, 0.717) is 29.3 Å². The quantitative estimate of drug-likeness (QED) is 0.752. The molecule has 2 aromatic heterocycles. The third kappa shape index (κ3) is 2.53. The first-order valence-corrected chi connectivity index (χ1v) is 6.40. The lowest BCUT2D eigenvalue weighted by molar-refractivity contribution is 0.0783. The highest BCUT2D eigenvalue weighted by Gasteiger charge is 2.17. The highest BCUT2D eigenvalue weighted by Crippen LogP contribution is 2.21. The second kappa shape index (κ2) is 5.20. The van der Waals surface area contributed by atoms with Crippen LogP contribution in [0.4, 0.5) is 5.82 Å². The van der Waals surface area contributed by atoms with Crippen LogP contribution in [0.1, 0.15) is 16.2 Å². The number of pyridine rings is 1. The molecule has 0 bridgehead atoms. The number of H-pyrrole nitrogens is 1. The average molecular weight is 282 g/mol. The number of hydrogen-bond donors (Lipinski definition) is 2. The van der Waals surface area contributed by atoms with Crippen molar-refractivity contribution >= 4 is 22.6 Å². The molecule has 0 unspecified atom stereocenters. The average Bonchev–Trinajstić information content (AvgIpc) is 2.98. The molecule has 0 atom stereocenters. The van der Waals surface area contributed by atoms with Gasteiger partial charge in [0.1, 0.15) is 18.0 Å². The Labute approximate surface area is 120 Å². The van der Waals surface area contributed by atoms with E-state index in [0.717, 1.165) is 5.39 Å². The SMILES string of the molecule is CN(Cc1ncn[nH]1)C(=O)c1cc(N)nc2ccccc12. The molecule has 0 saturated heterocycles. The van der Waals surface area contributed by atoms with Crippen molar-refractivity contribution < 1.29 is 4.79 Å². The number of rotatable bonds is 3. The number of para-hydroxylation sites is 1. The molecule has 0 spiro atoms. The van der Waals surface area contributed by atoms with Gasteiger partial charge in [-0.3, -0.25) is 9.89 Å². The number of nitrogens with one attached hydrogen (secondary N) is 1. The summed E-state index contributed by atoms with van der Waals surface area (Å²) >= 11 is 0. The molecule has 0 aliphatic heterocycles. The van der Waals surface area contributed by atoms with Crippen LogP contribution in [0.25, 0.3) is 10.9 Å². The number of hydrogen-bond acceptors (Lipinski definition) is 5. The number of carbonyl (C=O) groups is 1. The Balaban J connectivity index is 1.97. The van der Waals surface area contributed by atoms with E-state index in [1.165, 1.54) is 6.33 Å². The summed E-state index contributed by atoms with van der Waals surface area (Å²) in [5.41, 5.74) is 7.02. The largest absolute Gasteiger partial charge is 0.384 e. The number of nitrogen functional groups attached to an aromatic ring is 1. The number of amides is 1. The summed E-state index contributed by atoms with van der Waals surface area (Å²) in [7, 11) is 1.70. The Hall–Kier alpha value is -2.96. The third-order valence-electron chi connectivity index (χ3n) is 3.16. The topological polar surface area (TPSA) is 101 Å². The minimum absolute atomic E-state index is 0.142. The summed E-state index contributed by atoms with van der Waals surface area (Å²) < 4.78 is 0. The number of anilines is 1. The number of carbonyl (C=O) groups excluding carboxylic acids is 1. The summed E-state index contributed by atoms with van der Waals surface area (Å²) in [6, 6.07) is 9.02. The molecular weight excluding hydrogens is 268 g/mol. The minimum Gasteiger partial charge on any atom is -0.384 e. The highest BCUT2D eigenvalue weighted by molar-refractivity contribution is 6.06. The number of aromatic nitrogens is 4. The Morgan fingerprint density at radius 3 is 2.95 bits per heavy atom. The second-order valence-corrected chi connectivity index (χ2v) is 4.71. The second-order valence-electron chi connectivity index (χ2n) is 4.71. The summed E-state index contributed by atoms with van der Waals surface area (Å²) in [4.78, 5) is 22.4. The fourth-order valence-electron chi connectivity index (χ4n) is 2.18. The number of benzene rings is 1. The lowest BCUT2D eigenvalue weighted by atomic mass is 10.1. The monoisotopic (exact) mass is 282 g/mol. The van der Waals surface area contributed by atoms with Crippen LogP contribution in [0, 0.1) is 0 Å². The van der Waals surface area contributed by atoms with Gasteiger partial charge in [-0.2, -0.15) is 5.10 Å². The van der Waals surface area contributed by atoms with Gasteiger partial charge >= 0.3 is 0 Å². The van der Waals surface area contributed by atoms with Crippen LogP contribution in [-0.2, 0) is 6.54 Å². The normalized spacial score (nSPS) is 10.7. The molecule has 0 aliphatic carbocycles. The van der Waals surface area contributed by atoms with Crippen LogP contribution in [0.2, 0.25) is 0 Å². The van der Waals surface area contributed by atoms with Gasteiger partial charge in [0.2, 0.25) is 0 Å². The molecule has 7 heteroatoms. The van der Waals surface area contributed by atoms with Crippen molar-refractivity contribution in [2.75, 3.05) is 12.8 Å². The predicted molar refractivity (Wildman–Crippen MR) is 78.3 cm³/mol. The molecular formula is C14H14N6O. The zero-order chi connectivity index (χ0) is 14.8. The first-order chi connectivity index (χ1) is 10.1. The molecule has 0 saturated carbocycles. The molecule has 7 nitrogen and oxygen atoms in total. The lowest BCUT2D eigenvalue weighted by Crippen LogP contribution is -2.27. The van der Waals surface area contributed by atoms with E-state index in [1.54, 1.807) is 18.0 Å². The summed E-state index contributed by atoms with van der Waals surface area (Å²) in [5.74, 6) is 0.805. The van der Waals surface area contributed by atoms with E-state index in [4.69, 9.17) is 5.73 Å². The van der Waals surface area contributed by atoms with Crippen molar-refractivity contribution in [2.45, 2.75) is 6.54 Å². The highest BCUT2D eigenvalue weighted by atomic mass is 16.2. The summed E-state index contributed by atoms with van der Waals surface area (Å²) in [6.45, 7) is 0.343. The van der Waals surface area contributed by atoms with Crippen molar-refractivity contribution in [2.24, 2.45) is 0 Å². The maximum Gasteiger partial charge on any atom is 0.254 e. The molecule has 3 rings (SSSR count). The molecule has 21 heavy (non-hydrogen) atoms. The van der Waals surface area contributed by atoms with Gasteiger partial charge in [0, 0.05) is 12.4 Å². The van der Waals surface area contributed by atoms with Crippen LogP contribution < -0.4 is 5.73 Å². The first-order valence-electron chi connectivity index (χ1n) is 6.40. The molecule has 3 N–H and O–H groups in total. The van der Waals surface area contributed by atoms with Crippen molar-refractivity contribution in [3.05, 3.63) is 48.0 Å². The van der Waals surface area contributed by atoms with Crippen LogP contribution in [0.5, 0.6) is 0 Å². The Morgan fingerprint density at radius 2 is 2.19 bits per heavy atom. The fourth-order valence-corrected chi connectivity index (χ4v) is 2.18. The number of nitrogens with zero attached hydrogens (tertiary/aromatic N) is 4. The molecule has 1 aromatic carbocycles. The van der Waals surface area contributed by atoms with E-state index in [9.17, 15) is 4.79 Å². The molecule has 2 heterocycles. The van der Waals surface area contributed by atoms with Gasteiger partial charge in [0.05, 0.1) is 17.6 Å². The predicted octanol–water partition coefficient (Wildman–Crippen LogP) is 1.21. The standard InChI is InChI=1S/C14H14N6O/c1-20(7-13-16-8-17-19-13)14(21)10-6-12(15)18-11-5-3-2-4-9(10)11/h2-6,8H,7H2,1H3,(H2,15,18)(H,16,17,19). The fraction of sp³-hybridized carbons (Fsp3) is 0.143. The lowest BCUT2D eigenvalue weighted by Gasteiger charge is -2.17. The van der Waals surface area contributed by atoms with Crippen molar-refractivity contribution in [1.82, 2.24) is 25.1 Å². The van der Waals surface area contributed by atoms with Gasteiger partial charge in [0.15, 0.2) is 0 Å². The molecule has 0 aliphatic rings. The van der Waals surface area contributed by atoms with Crippen LogP contribution in [0.15, 0.2) is 36.7 Å². The van der Waals surface area contributed by atoms with Gasteiger partial charge in [0.25, 0.3) is 5.91 Å². The molecule has 3 aromatic rings. The van der Waals surface area contributed by atoms with Crippen LogP contribution in [0.3, 0.4) is 0 Å². The summed E-state index contributed by atoms with van der Waals surface area (Å²) in [5, 5.41) is 7.28. The number of fused-ring (bicyclic) bond motifs is 1. The Morgan fingerprint density at radius 1 is 1.38 bits per heavy atom. The maximum absolute atomic E-state index is 12.6. The van der Waals surface area contributed by atoms with Gasteiger partial charge in [-0.1, -0.05) is 18.2 Å². The Bertz CT molecular complexity index is 783. The van der Waals surface area contributed by atoms with E-state index in [1.807, 2.05) is 24.3 Å². The van der Waals surface area contributed by atoms with Gasteiger partial charge in [-0.15, -0.1) is 0 Å². The van der Waals surface area contributed by atoms with Gasteiger partial charge in [-0.05, 0) is 12.1 Å². The van der Waals surface area contributed by atoms with Gasteiger partial charge in [-0.25, -0.2) is 9.97 Å². The van der Waals surface area contributed by atoms with Crippen LogP contribution >= 0.6 is 0 Å². The maximum atomic E-state index is 12.6. The third-order valence-corrected chi connectivity index (χ3v) is 3.16. The van der Waals surface area contributed by atoms with Gasteiger partial charge < -0.3 is 10.6 Å². The molecule has 1 amide bonds. The van der Waals surface area contributed by atoms with E-state index in [2.05, 4.69) is 20.2 Å². The zero-order valence-electron chi connectivity index (χ0n) is 11.4. The number of aromatic amines is 1. The number of nitrogens with two attached hydrogens (primary N) is 1. The minimum atomic E-state index is -0.142. The van der Waals surface area contributed by atoms with Crippen molar-refractivity contribution in [1.29, 1.82) is 0 Å².